The van der Waals surface area contributed by atoms with Gasteiger partial charge in [-0.15, -0.1) is 0 Å². The molecule has 104 valence electrons. The highest BCUT2D eigenvalue weighted by atomic mass is 16.6. The molecule has 0 aliphatic heterocycles. The molecule has 20 heavy (non-hydrogen) atoms. The van der Waals surface area contributed by atoms with Crippen LogP contribution in [0.3, 0.4) is 0 Å². The molecule has 0 unspecified atom stereocenters. The Morgan fingerprint density at radius 2 is 1.75 bits per heavy atom. The monoisotopic (exact) mass is 272 g/mol. The first-order chi connectivity index (χ1) is 9.56. The van der Waals surface area contributed by atoms with Crippen LogP contribution in [-0.4, -0.2) is 10.0 Å². The zero-order valence-electron chi connectivity index (χ0n) is 11.1. The maximum absolute atomic E-state index is 10.6. The first-order valence-electron chi connectivity index (χ1n) is 6.32. The minimum Gasteiger partial charge on any atom is -0.508 e. The van der Waals surface area contributed by atoms with E-state index in [1.165, 1.54) is 12.1 Å². The predicted octanol–water partition coefficient (Wildman–Crippen LogP) is 3.15. The van der Waals surface area contributed by atoms with Gasteiger partial charge in [-0.25, -0.2) is 0 Å². The van der Waals surface area contributed by atoms with Gasteiger partial charge in [0.15, 0.2) is 0 Å². The van der Waals surface area contributed by atoms with E-state index in [4.69, 9.17) is 0 Å². The topological polar surface area (TPSA) is 75.4 Å². The molecule has 5 nitrogen and oxygen atoms in total. The number of nitro benzene ring substituents is 1. The second-order valence-electron chi connectivity index (χ2n) is 4.62. The fourth-order valence-electron chi connectivity index (χ4n) is 1.89. The number of hydrogen-bond donors (Lipinski definition) is 2. The van der Waals surface area contributed by atoms with Crippen molar-refractivity contribution in [3.63, 3.8) is 0 Å². The van der Waals surface area contributed by atoms with Crippen molar-refractivity contribution >= 4 is 5.69 Å². The summed E-state index contributed by atoms with van der Waals surface area (Å²) in [4.78, 5) is 10.2. The number of nitrogens with zero attached hydrogens (tertiary/aromatic N) is 1. The van der Waals surface area contributed by atoms with Gasteiger partial charge in [0.2, 0.25) is 0 Å². The highest BCUT2D eigenvalue weighted by molar-refractivity contribution is 5.34. The Balaban J connectivity index is 1.95. The summed E-state index contributed by atoms with van der Waals surface area (Å²) < 4.78 is 0. The number of phenolic OH excluding ortho intramolecular Hbond substituents is 1. The van der Waals surface area contributed by atoms with Gasteiger partial charge in [-0.3, -0.25) is 10.1 Å². The molecule has 0 amide bonds. The van der Waals surface area contributed by atoms with Crippen molar-refractivity contribution in [1.29, 1.82) is 0 Å². The molecule has 0 heterocycles. The molecule has 2 rings (SSSR count). The van der Waals surface area contributed by atoms with Crippen molar-refractivity contribution < 1.29 is 10.0 Å². The second kappa shape index (κ2) is 6.16. The number of hydrogen-bond acceptors (Lipinski definition) is 4. The number of benzene rings is 2. The van der Waals surface area contributed by atoms with E-state index >= 15 is 0 Å². The van der Waals surface area contributed by atoms with Gasteiger partial charge < -0.3 is 10.4 Å². The summed E-state index contributed by atoms with van der Waals surface area (Å²) >= 11 is 0. The minimum atomic E-state index is -0.404. The molecule has 0 aromatic heterocycles. The zero-order chi connectivity index (χ0) is 14.5. The lowest BCUT2D eigenvalue weighted by Gasteiger charge is -2.14. The largest absolute Gasteiger partial charge is 0.508 e. The van der Waals surface area contributed by atoms with E-state index in [9.17, 15) is 15.2 Å². The van der Waals surface area contributed by atoms with Crippen molar-refractivity contribution in [3.8, 4) is 5.75 Å². The van der Waals surface area contributed by atoms with Crippen molar-refractivity contribution in [1.82, 2.24) is 5.32 Å². The van der Waals surface area contributed by atoms with Gasteiger partial charge in [0.05, 0.1) is 4.92 Å². The maximum Gasteiger partial charge on any atom is 0.269 e. The SMILES string of the molecule is C[C@@H](NCc1ccc(O)cc1)c1ccc([N+](=O)[O-])cc1. The Labute approximate surface area is 117 Å². The van der Waals surface area contributed by atoms with E-state index in [1.807, 2.05) is 19.1 Å². The Kier molecular flexibility index (Phi) is 4.32. The lowest BCUT2D eigenvalue weighted by atomic mass is 10.1. The van der Waals surface area contributed by atoms with Gasteiger partial charge >= 0.3 is 0 Å². The zero-order valence-corrected chi connectivity index (χ0v) is 11.1. The third-order valence-electron chi connectivity index (χ3n) is 3.15. The molecular weight excluding hydrogens is 256 g/mol. The Morgan fingerprint density at radius 1 is 1.15 bits per heavy atom. The maximum atomic E-state index is 10.6. The van der Waals surface area contributed by atoms with Crippen molar-refractivity contribution in [2.24, 2.45) is 0 Å². The van der Waals surface area contributed by atoms with Crippen molar-refractivity contribution in [3.05, 3.63) is 69.8 Å². The fraction of sp³-hybridized carbons (Fsp3) is 0.200. The molecule has 0 spiro atoms. The van der Waals surface area contributed by atoms with Gasteiger partial charge in [-0.2, -0.15) is 0 Å². The van der Waals surface area contributed by atoms with Crippen LogP contribution in [0.1, 0.15) is 24.1 Å². The third-order valence-corrected chi connectivity index (χ3v) is 3.15. The summed E-state index contributed by atoms with van der Waals surface area (Å²) in [5.41, 5.74) is 2.16. The van der Waals surface area contributed by atoms with E-state index in [0.29, 0.717) is 6.54 Å². The average molecular weight is 272 g/mol. The molecule has 0 fully saturated rings. The standard InChI is InChI=1S/C15H16N2O3/c1-11(13-4-6-14(7-5-13)17(19)20)16-10-12-2-8-15(18)9-3-12/h2-9,11,16,18H,10H2,1H3/t11-/m1/s1. The normalized spacial score (nSPS) is 12.1. The quantitative estimate of drug-likeness (QED) is 0.647. The smallest absolute Gasteiger partial charge is 0.269 e. The number of nitrogens with one attached hydrogen (secondary N) is 1. The number of phenols is 1. The minimum absolute atomic E-state index is 0.0876. The number of aromatic hydroxyl groups is 1. The molecule has 5 heteroatoms. The number of non-ortho nitro benzene ring substituents is 1. The Morgan fingerprint density at radius 3 is 2.30 bits per heavy atom. The molecule has 2 N–H and O–H groups in total. The van der Waals surface area contributed by atoms with Crippen LogP contribution in [0, 0.1) is 10.1 Å². The summed E-state index contributed by atoms with van der Waals surface area (Å²) in [6.07, 6.45) is 0. The molecule has 0 saturated carbocycles. The van der Waals surface area contributed by atoms with Gasteiger partial charge in [0, 0.05) is 24.7 Å². The van der Waals surface area contributed by atoms with Crippen LogP contribution in [0.4, 0.5) is 5.69 Å². The van der Waals surface area contributed by atoms with E-state index < -0.39 is 4.92 Å². The number of nitro groups is 1. The molecule has 2 aromatic rings. The van der Waals surface area contributed by atoms with Crippen LogP contribution in [0.5, 0.6) is 5.75 Å². The molecule has 0 aliphatic rings. The van der Waals surface area contributed by atoms with Gasteiger partial charge in [-0.05, 0) is 30.2 Å². The van der Waals surface area contributed by atoms with Crippen LogP contribution in [-0.2, 0) is 6.54 Å². The van der Waals surface area contributed by atoms with Crippen LogP contribution < -0.4 is 5.32 Å². The van der Waals surface area contributed by atoms with E-state index in [1.54, 1.807) is 24.3 Å². The average Bonchev–Trinajstić information content (AvgIpc) is 2.46. The van der Waals surface area contributed by atoms with Crippen LogP contribution >= 0.6 is 0 Å². The van der Waals surface area contributed by atoms with Crippen molar-refractivity contribution in [2.75, 3.05) is 0 Å². The fourth-order valence-corrected chi connectivity index (χ4v) is 1.89. The first-order valence-corrected chi connectivity index (χ1v) is 6.32. The van der Waals surface area contributed by atoms with Crippen LogP contribution in [0.25, 0.3) is 0 Å². The van der Waals surface area contributed by atoms with Crippen molar-refractivity contribution in [2.45, 2.75) is 19.5 Å². The predicted molar refractivity (Wildman–Crippen MR) is 76.5 cm³/mol. The summed E-state index contributed by atoms with van der Waals surface area (Å²) in [6.45, 7) is 2.67. The summed E-state index contributed by atoms with van der Waals surface area (Å²) in [5.74, 6) is 0.247. The summed E-state index contributed by atoms with van der Waals surface area (Å²) in [7, 11) is 0. The number of rotatable bonds is 5. The van der Waals surface area contributed by atoms with E-state index in [-0.39, 0.29) is 17.5 Å². The summed E-state index contributed by atoms with van der Waals surface area (Å²) in [6, 6.07) is 13.6. The highest BCUT2D eigenvalue weighted by Gasteiger charge is 2.08. The summed E-state index contributed by atoms with van der Waals surface area (Å²) in [5, 5.41) is 23.1. The molecule has 0 bridgehead atoms. The van der Waals surface area contributed by atoms with Gasteiger partial charge in [-0.1, -0.05) is 24.3 Å². The van der Waals surface area contributed by atoms with E-state index in [2.05, 4.69) is 5.32 Å². The molecule has 1 atom stereocenters. The Bertz CT molecular complexity index is 579. The van der Waals surface area contributed by atoms with E-state index in [0.717, 1.165) is 11.1 Å². The lowest BCUT2D eigenvalue weighted by molar-refractivity contribution is -0.384. The van der Waals surface area contributed by atoms with Crippen LogP contribution in [0.15, 0.2) is 48.5 Å². The van der Waals surface area contributed by atoms with Gasteiger partial charge in [0.25, 0.3) is 5.69 Å². The first kappa shape index (κ1) is 14.0. The second-order valence-corrected chi connectivity index (χ2v) is 4.62. The highest BCUT2D eigenvalue weighted by Crippen LogP contribution is 2.18. The Hall–Kier alpha value is -2.40. The van der Waals surface area contributed by atoms with Crippen LogP contribution in [0.2, 0.25) is 0 Å². The molecular formula is C15H16N2O3. The third kappa shape index (κ3) is 3.55. The molecule has 2 aromatic carbocycles. The van der Waals surface area contributed by atoms with Gasteiger partial charge in [0.1, 0.15) is 5.75 Å². The lowest BCUT2D eigenvalue weighted by Crippen LogP contribution is -2.17. The molecule has 0 saturated heterocycles. The molecule has 0 radical (unpaired) electrons. The molecule has 0 aliphatic carbocycles.